The van der Waals surface area contributed by atoms with Crippen molar-refractivity contribution < 1.29 is 13.2 Å². The number of nitrogens with zero attached hydrogens (tertiary/aromatic N) is 1. The van der Waals surface area contributed by atoms with Gasteiger partial charge in [-0.1, -0.05) is 72.8 Å². The van der Waals surface area contributed by atoms with Crippen LogP contribution in [0.2, 0.25) is 0 Å². The summed E-state index contributed by atoms with van der Waals surface area (Å²) in [5.41, 5.74) is 6.57. The Morgan fingerprint density at radius 1 is 0.818 bits per heavy atom. The molecule has 0 saturated heterocycles. The van der Waals surface area contributed by atoms with Crippen molar-refractivity contribution in [1.29, 1.82) is 0 Å². The topological polar surface area (TPSA) is 87.6 Å². The van der Waals surface area contributed by atoms with Gasteiger partial charge in [-0.15, -0.1) is 11.3 Å². The fourth-order valence-corrected chi connectivity index (χ4v) is 5.25. The van der Waals surface area contributed by atoms with E-state index in [1.807, 2.05) is 54.6 Å². The van der Waals surface area contributed by atoms with E-state index < -0.39 is 15.9 Å². The van der Waals surface area contributed by atoms with Crippen molar-refractivity contribution in [3.05, 3.63) is 108 Å². The van der Waals surface area contributed by atoms with Gasteiger partial charge in [-0.2, -0.15) is 5.10 Å². The van der Waals surface area contributed by atoms with Crippen LogP contribution in [0.3, 0.4) is 0 Å². The molecule has 4 aromatic rings. The number of amides is 1. The molecule has 2 N–H and O–H groups in total. The van der Waals surface area contributed by atoms with Gasteiger partial charge in [-0.3, -0.25) is 9.52 Å². The minimum atomic E-state index is -3.77. The van der Waals surface area contributed by atoms with Crippen LogP contribution in [0, 0.1) is 0 Å². The molecule has 0 aliphatic carbocycles. The van der Waals surface area contributed by atoms with Crippen LogP contribution in [-0.4, -0.2) is 20.0 Å². The molecule has 1 heterocycles. The Kier molecular flexibility index (Phi) is 6.67. The van der Waals surface area contributed by atoms with E-state index in [0.29, 0.717) is 5.71 Å². The number of carbonyl (C=O) groups excluding carboxylic acids is 1. The van der Waals surface area contributed by atoms with Crippen LogP contribution in [0.15, 0.2) is 106 Å². The zero-order chi connectivity index (χ0) is 23.3. The number of hydrogen-bond donors (Lipinski definition) is 2. The summed E-state index contributed by atoms with van der Waals surface area (Å²) in [6, 6.07) is 27.5. The fourth-order valence-electron chi connectivity index (χ4n) is 3.18. The third-order valence-corrected chi connectivity index (χ3v) is 7.67. The number of hydrogen-bond acceptors (Lipinski definition) is 5. The molecule has 0 aliphatic heterocycles. The smallest absolute Gasteiger partial charge is 0.273 e. The second-order valence-corrected chi connectivity index (χ2v) is 10.0. The average Bonchev–Trinajstić information content (AvgIpc) is 3.39. The van der Waals surface area contributed by atoms with E-state index in [9.17, 15) is 13.2 Å². The highest BCUT2D eigenvalue weighted by atomic mass is 32.2. The molecule has 1 aromatic heterocycles. The maximum Gasteiger partial charge on any atom is 0.273 e. The molecule has 6 nitrogen and oxygen atoms in total. The molecular weight excluding hydrogens is 454 g/mol. The molecule has 0 saturated carbocycles. The van der Waals surface area contributed by atoms with Crippen molar-refractivity contribution in [2.24, 2.45) is 5.10 Å². The molecule has 0 fully saturated rings. The molecule has 8 heteroatoms. The zero-order valence-electron chi connectivity index (χ0n) is 17.7. The summed E-state index contributed by atoms with van der Waals surface area (Å²) in [5, 5.41) is 5.88. The highest BCUT2D eigenvalue weighted by Crippen LogP contribution is 2.23. The first-order valence-electron chi connectivity index (χ1n) is 10.1. The first-order chi connectivity index (χ1) is 15.9. The van der Waals surface area contributed by atoms with Crippen molar-refractivity contribution >= 4 is 38.7 Å². The molecular formula is C25H21N3O3S2. The number of para-hydroxylation sites is 1. The maximum atomic E-state index is 12.8. The molecule has 166 valence electrons. The minimum absolute atomic E-state index is 0.172. The van der Waals surface area contributed by atoms with Gasteiger partial charge in [0.15, 0.2) is 0 Å². The normalized spacial score (nSPS) is 11.7. The predicted octanol–water partition coefficient (Wildman–Crippen LogP) is 5.37. The number of rotatable bonds is 7. The maximum absolute atomic E-state index is 12.8. The van der Waals surface area contributed by atoms with E-state index >= 15 is 0 Å². The van der Waals surface area contributed by atoms with Gasteiger partial charge in [0.2, 0.25) is 0 Å². The van der Waals surface area contributed by atoms with E-state index in [-0.39, 0.29) is 15.5 Å². The largest absolute Gasteiger partial charge is 0.278 e. The average molecular weight is 476 g/mol. The van der Waals surface area contributed by atoms with Crippen LogP contribution in [0.1, 0.15) is 22.8 Å². The summed E-state index contributed by atoms with van der Waals surface area (Å²) < 4.78 is 27.8. The van der Waals surface area contributed by atoms with E-state index in [2.05, 4.69) is 15.2 Å². The number of benzene rings is 3. The molecule has 0 aliphatic rings. The summed E-state index contributed by atoms with van der Waals surface area (Å²) in [6.45, 7) is 1.79. The highest BCUT2D eigenvalue weighted by Gasteiger charge is 2.19. The Labute approximate surface area is 196 Å². The minimum Gasteiger partial charge on any atom is -0.278 e. The standard InChI is InChI=1S/C25H21N3O3S2/c1-18(19-13-15-21(16-14-19)20-8-3-2-4-9-20)26-27-25(29)22-10-5-6-11-23(22)28-33(30,31)24-12-7-17-32-24/h2-17,28H,1H3,(H,27,29)/b26-18+. The number of carbonyl (C=O) groups is 1. The monoisotopic (exact) mass is 475 g/mol. The van der Waals surface area contributed by atoms with Crippen molar-refractivity contribution in [2.75, 3.05) is 4.72 Å². The van der Waals surface area contributed by atoms with Crippen LogP contribution in [-0.2, 0) is 10.0 Å². The van der Waals surface area contributed by atoms with Gasteiger partial charge in [0.1, 0.15) is 4.21 Å². The van der Waals surface area contributed by atoms with Crippen LogP contribution >= 0.6 is 11.3 Å². The summed E-state index contributed by atoms with van der Waals surface area (Å²) in [5.74, 6) is -0.514. The predicted molar refractivity (Wildman–Crippen MR) is 133 cm³/mol. The molecule has 0 atom stereocenters. The summed E-state index contributed by atoms with van der Waals surface area (Å²) in [4.78, 5) is 12.8. The van der Waals surface area contributed by atoms with E-state index in [0.717, 1.165) is 28.0 Å². The van der Waals surface area contributed by atoms with Gasteiger partial charge in [0.05, 0.1) is 17.0 Å². The lowest BCUT2D eigenvalue weighted by atomic mass is 10.0. The summed E-state index contributed by atoms with van der Waals surface area (Å²) in [7, 11) is -3.77. The Morgan fingerprint density at radius 3 is 2.18 bits per heavy atom. The Bertz CT molecular complexity index is 1380. The van der Waals surface area contributed by atoms with E-state index in [1.165, 1.54) is 6.07 Å². The lowest BCUT2D eigenvalue weighted by molar-refractivity contribution is 0.0955. The van der Waals surface area contributed by atoms with Crippen LogP contribution < -0.4 is 10.1 Å². The Hall–Kier alpha value is -3.75. The molecule has 0 radical (unpaired) electrons. The van der Waals surface area contributed by atoms with Crippen LogP contribution in [0.4, 0.5) is 5.69 Å². The number of nitrogens with one attached hydrogen (secondary N) is 2. The Morgan fingerprint density at radius 2 is 1.48 bits per heavy atom. The van der Waals surface area contributed by atoms with Gasteiger partial charge in [-0.25, -0.2) is 13.8 Å². The third kappa shape index (κ3) is 5.36. The van der Waals surface area contributed by atoms with Gasteiger partial charge in [0, 0.05) is 0 Å². The molecule has 3 aromatic carbocycles. The van der Waals surface area contributed by atoms with Crippen molar-refractivity contribution in [1.82, 2.24) is 5.43 Å². The first kappa shape index (κ1) is 22.4. The van der Waals surface area contributed by atoms with Crippen LogP contribution in [0.5, 0.6) is 0 Å². The zero-order valence-corrected chi connectivity index (χ0v) is 19.4. The van der Waals surface area contributed by atoms with Gasteiger partial charge in [0.25, 0.3) is 15.9 Å². The van der Waals surface area contributed by atoms with E-state index in [1.54, 1.807) is 42.6 Å². The highest BCUT2D eigenvalue weighted by molar-refractivity contribution is 7.94. The van der Waals surface area contributed by atoms with Crippen molar-refractivity contribution in [3.8, 4) is 11.1 Å². The number of hydrazone groups is 1. The third-order valence-electron chi connectivity index (χ3n) is 4.91. The van der Waals surface area contributed by atoms with Crippen LogP contribution in [0.25, 0.3) is 11.1 Å². The molecule has 0 spiro atoms. The lowest BCUT2D eigenvalue weighted by Crippen LogP contribution is -2.22. The first-order valence-corrected chi connectivity index (χ1v) is 12.5. The Balaban J connectivity index is 1.49. The fraction of sp³-hybridized carbons (Fsp3) is 0.0400. The molecule has 0 bridgehead atoms. The second-order valence-electron chi connectivity index (χ2n) is 7.16. The van der Waals surface area contributed by atoms with Crippen molar-refractivity contribution in [3.63, 3.8) is 0 Å². The van der Waals surface area contributed by atoms with Gasteiger partial charge >= 0.3 is 0 Å². The second kappa shape index (κ2) is 9.81. The number of sulfonamides is 1. The SMILES string of the molecule is C/C(=N\NC(=O)c1ccccc1NS(=O)(=O)c1cccs1)c1ccc(-c2ccccc2)cc1. The molecule has 4 rings (SSSR count). The molecule has 33 heavy (non-hydrogen) atoms. The van der Waals surface area contributed by atoms with Crippen molar-refractivity contribution in [2.45, 2.75) is 11.1 Å². The quantitative estimate of drug-likeness (QED) is 0.278. The van der Waals surface area contributed by atoms with E-state index in [4.69, 9.17) is 0 Å². The number of anilines is 1. The van der Waals surface area contributed by atoms with Gasteiger partial charge < -0.3 is 0 Å². The molecule has 1 amide bonds. The lowest BCUT2D eigenvalue weighted by Gasteiger charge is -2.11. The summed E-state index contributed by atoms with van der Waals surface area (Å²) >= 11 is 1.10. The van der Waals surface area contributed by atoms with Gasteiger partial charge in [-0.05, 0) is 47.2 Å². The number of thiophene rings is 1. The molecule has 0 unspecified atom stereocenters. The summed E-state index contributed by atoms with van der Waals surface area (Å²) in [6.07, 6.45) is 0.